The molecule has 1 rings (SSSR count). The summed E-state index contributed by atoms with van der Waals surface area (Å²) in [6.45, 7) is 3.17. The highest BCUT2D eigenvalue weighted by Crippen LogP contribution is 2.42. The van der Waals surface area contributed by atoms with Crippen molar-refractivity contribution in [2.45, 2.75) is 19.9 Å². The number of non-ortho nitro benzene ring substituents is 1. The third-order valence-corrected chi connectivity index (χ3v) is 3.10. The molecule has 0 saturated carbocycles. The van der Waals surface area contributed by atoms with Crippen molar-refractivity contribution >= 4 is 18.1 Å². The Bertz CT molecular complexity index is 493. The first-order valence-corrected chi connectivity index (χ1v) is 5.66. The van der Waals surface area contributed by atoms with Gasteiger partial charge in [-0.15, -0.1) is 12.4 Å². The predicted octanol–water partition coefficient (Wildman–Crippen LogP) is 1.75. The maximum absolute atomic E-state index is 10.9. The van der Waals surface area contributed by atoms with Gasteiger partial charge in [-0.2, -0.15) is 0 Å². The van der Waals surface area contributed by atoms with Gasteiger partial charge in [0.2, 0.25) is 0 Å². The fraction of sp³-hybridized carbons (Fsp3) is 0.500. The largest absolute Gasteiger partial charge is 0.504 e. The van der Waals surface area contributed by atoms with Crippen LogP contribution in [0.15, 0.2) is 12.1 Å². The molecule has 0 aromatic heterocycles. The van der Waals surface area contributed by atoms with Gasteiger partial charge in [0.05, 0.1) is 18.1 Å². The van der Waals surface area contributed by atoms with E-state index in [1.807, 2.05) is 0 Å². The quantitative estimate of drug-likeness (QED) is 0.563. The van der Waals surface area contributed by atoms with E-state index in [0.717, 1.165) is 6.07 Å². The van der Waals surface area contributed by atoms with E-state index in [0.29, 0.717) is 0 Å². The van der Waals surface area contributed by atoms with Crippen LogP contribution in [0.25, 0.3) is 0 Å². The lowest BCUT2D eigenvalue weighted by Crippen LogP contribution is -2.32. The zero-order chi connectivity index (χ0) is 14.8. The van der Waals surface area contributed by atoms with Crippen LogP contribution in [-0.4, -0.2) is 28.9 Å². The maximum atomic E-state index is 10.9. The number of nitrogens with two attached hydrogens (primary N) is 1. The monoisotopic (exact) mass is 306 g/mol. The van der Waals surface area contributed by atoms with Crippen molar-refractivity contribution in [2.24, 2.45) is 11.1 Å². The summed E-state index contributed by atoms with van der Waals surface area (Å²) in [6.07, 6.45) is 0. The molecule has 7 nitrogen and oxygen atoms in total. The first-order valence-electron chi connectivity index (χ1n) is 5.66. The Balaban J connectivity index is 0.00000361. The normalized spacial score (nSPS) is 12.4. The van der Waals surface area contributed by atoms with E-state index in [1.54, 1.807) is 13.8 Å². The number of methoxy groups -OCH3 is 1. The Morgan fingerprint density at radius 3 is 2.45 bits per heavy atom. The van der Waals surface area contributed by atoms with Crippen LogP contribution in [0.4, 0.5) is 5.69 Å². The van der Waals surface area contributed by atoms with E-state index >= 15 is 0 Å². The number of benzene rings is 1. The number of nitro groups is 1. The highest BCUT2D eigenvalue weighted by molar-refractivity contribution is 5.85. The first-order chi connectivity index (χ1) is 8.74. The molecular formula is C12H19ClN2O5. The number of hydrogen-bond acceptors (Lipinski definition) is 6. The van der Waals surface area contributed by atoms with Crippen LogP contribution < -0.4 is 10.5 Å². The molecule has 0 fully saturated rings. The summed E-state index contributed by atoms with van der Waals surface area (Å²) in [6, 6.07) is 1.54. The molecule has 0 radical (unpaired) electrons. The second-order valence-corrected chi connectivity index (χ2v) is 4.97. The predicted molar refractivity (Wildman–Crippen MR) is 76.4 cm³/mol. The van der Waals surface area contributed by atoms with Crippen molar-refractivity contribution in [3.05, 3.63) is 27.8 Å². The molecule has 0 aliphatic heterocycles. The number of ether oxygens (including phenoxy) is 1. The second kappa shape index (κ2) is 6.74. The molecule has 0 saturated heterocycles. The lowest BCUT2D eigenvalue weighted by Gasteiger charge is -2.30. The van der Waals surface area contributed by atoms with E-state index in [-0.39, 0.29) is 41.8 Å². The van der Waals surface area contributed by atoms with Crippen molar-refractivity contribution in [1.29, 1.82) is 0 Å². The molecule has 1 aromatic rings. The highest BCUT2D eigenvalue weighted by atomic mass is 35.5. The number of aliphatic hydroxyl groups is 1. The van der Waals surface area contributed by atoms with Crippen molar-refractivity contribution < 1.29 is 19.9 Å². The molecule has 0 aliphatic rings. The van der Waals surface area contributed by atoms with Crippen molar-refractivity contribution in [3.8, 4) is 11.5 Å². The van der Waals surface area contributed by atoms with E-state index in [2.05, 4.69) is 0 Å². The minimum absolute atomic E-state index is 0. The molecule has 0 unspecified atom stereocenters. The number of phenols is 1. The maximum Gasteiger partial charge on any atom is 0.273 e. The Kier molecular flexibility index (Phi) is 6.21. The molecule has 1 aromatic carbocycles. The minimum Gasteiger partial charge on any atom is -0.504 e. The van der Waals surface area contributed by atoms with Gasteiger partial charge in [0, 0.05) is 29.7 Å². The van der Waals surface area contributed by atoms with Gasteiger partial charge in [0.25, 0.3) is 5.69 Å². The summed E-state index contributed by atoms with van der Waals surface area (Å²) in [4.78, 5) is 10.3. The Morgan fingerprint density at radius 2 is 2.05 bits per heavy atom. The molecule has 1 atom stereocenters. The van der Waals surface area contributed by atoms with Crippen LogP contribution in [0.3, 0.4) is 0 Å². The third-order valence-electron chi connectivity index (χ3n) is 3.10. The molecule has 4 N–H and O–H groups in total. The minimum atomic E-state index is -0.772. The van der Waals surface area contributed by atoms with Crippen molar-refractivity contribution in [2.75, 3.05) is 13.7 Å². The molecule has 114 valence electrons. The van der Waals surface area contributed by atoms with E-state index in [4.69, 9.17) is 10.5 Å². The van der Waals surface area contributed by atoms with E-state index in [1.165, 1.54) is 13.2 Å². The zero-order valence-corrected chi connectivity index (χ0v) is 12.3. The van der Waals surface area contributed by atoms with Crippen LogP contribution in [0.5, 0.6) is 11.5 Å². The van der Waals surface area contributed by atoms with Gasteiger partial charge < -0.3 is 20.7 Å². The van der Waals surface area contributed by atoms with Gasteiger partial charge in [-0.1, -0.05) is 13.8 Å². The van der Waals surface area contributed by atoms with E-state index < -0.39 is 16.4 Å². The number of nitrogens with zero attached hydrogens (tertiary/aromatic N) is 1. The highest BCUT2D eigenvalue weighted by Gasteiger charge is 2.31. The van der Waals surface area contributed by atoms with Gasteiger partial charge in [-0.25, -0.2) is 0 Å². The topological polar surface area (TPSA) is 119 Å². The summed E-state index contributed by atoms with van der Waals surface area (Å²) in [5.74, 6) is -0.268. The number of rotatable bonds is 5. The SMILES string of the molecule is COc1cc([N+](=O)[O-])cc([C@H](N)C(C)(C)CO)c1O.Cl. The van der Waals surface area contributed by atoms with Gasteiger partial charge in [0.15, 0.2) is 11.5 Å². The van der Waals surface area contributed by atoms with Gasteiger partial charge in [-0.3, -0.25) is 10.1 Å². The molecular weight excluding hydrogens is 288 g/mol. The summed E-state index contributed by atoms with van der Waals surface area (Å²) in [7, 11) is 1.30. The van der Waals surface area contributed by atoms with Gasteiger partial charge in [0.1, 0.15) is 0 Å². The summed E-state index contributed by atoms with van der Waals surface area (Å²) < 4.78 is 4.90. The van der Waals surface area contributed by atoms with Gasteiger partial charge in [-0.05, 0) is 0 Å². The lowest BCUT2D eigenvalue weighted by atomic mass is 9.81. The molecule has 0 heterocycles. The van der Waals surface area contributed by atoms with Crippen LogP contribution in [0, 0.1) is 15.5 Å². The molecule has 0 aliphatic carbocycles. The standard InChI is InChI=1S/C12H18N2O5.ClH/c1-12(2,6-15)11(13)8-4-7(14(17)18)5-9(19-3)10(8)16;/h4-5,11,15-16H,6,13H2,1-3H3;1H/t11-;/m0./s1. The average molecular weight is 307 g/mol. The average Bonchev–Trinajstić information content (AvgIpc) is 2.37. The van der Waals surface area contributed by atoms with Gasteiger partial charge >= 0.3 is 0 Å². The fourth-order valence-electron chi connectivity index (χ4n) is 1.63. The molecule has 8 heteroatoms. The van der Waals surface area contributed by atoms with Crippen LogP contribution >= 0.6 is 12.4 Å². The zero-order valence-electron chi connectivity index (χ0n) is 11.5. The third kappa shape index (κ3) is 3.50. The molecule has 0 amide bonds. The number of aliphatic hydroxyl groups excluding tert-OH is 1. The summed E-state index contributed by atoms with van der Waals surface area (Å²) in [5, 5.41) is 30.2. The van der Waals surface area contributed by atoms with Crippen LogP contribution in [-0.2, 0) is 0 Å². The smallest absolute Gasteiger partial charge is 0.273 e. The fourth-order valence-corrected chi connectivity index (χ4v) is 1.63. The molecule has 0 bridgehead atoms. The second-order valence-electron chi connectivity index (χ2n) is 4.97. The summed E-state index contributed by atoms with van der Waals surface area (Å²) in [5.41, 5.74) is 5.18. The number of halogens is 1. The van der Waals surface area contributed by atoms with E-state index in [9.17, 15) is 20.3 Å². The van der Waals surface area contributed by atoms with Crippen LogP contribution in [0.1, 0.15) is 25.5 Å². The molecule has 20 heavy (non-hydrogen) atoms. The molecule has 0 spiro atoms. The Morgan fingerprint density at radius 1 is 1.50 bits per heavy atom. The summed E-state index contributed by atoms with van der Waals surface area (Å²) >= 11 is 0. The lowest BCUT2D eigenvalue weighted by molar-refractivity contribution is -0.385. The van der Waals surface area contributed by atoms with Crippen LogP contribution in [0.2, 0.25) is 0 Å². The Labute approximate surface area is 122 Å². The number of phenolic OH excluding ortho intramolecular Hbond substituents is 1. The number of aromatic hydroxyl groups is 1. The Hall–Kier alpha value is -1.57. The van der Waals surface area contributed by atoms with Crippen molar-refractivity contribution in [1.82, 2.24) is 0 Å². The number of nitro benzene ring substituents is 1. The van der Waals surface area contributed by atoms with Crippen molar-refractivity contribution in [3.63, 3.8) is 0 Å². The number of hydrogen-bond donors (Lipinski definition) is 3. The first kappa shape index (κ1) is 18.4.